The highest BCUT2D eigenvalue weighted by molar-refractivity contribution is 7.97. The predicted octanol–water partition coefficient (Wildman–Crippen LogP) is 5.17. The number of benzene rings is 2. The zero-order valence-corrected chi connectivity index (χ0v) is 16.1. The number of nitrogens with zero attached hydrogens (tertiary/aromatic N) is 2. The Morgan fingerprint density at radius 1 is 0.962 bits per heavy atom. The molecule has 0 atom stereocenters. The van der Waals surface area contributed by atoms with Gasteiger partial charge >= 0.3 is 0 Å². The molecule has 0 aliphatic rings. The highest BCUT2D eigenvalue weighted by Gasteiger charge is 2.06. The molecule has 0 fully saturated rings. The number of nitrogens with one attached hydrogen (secondary N) is 1. The number of nitrogen functional groups attached to an aromatic ring is 1. The lowest BCUT2D eigenvalue weighted by Gasteiger charge is -2.20. The molecule has 1 heterocycles. The van der Waals surface area contributed by atoms with E-state index in [0.717, 1.165) is 33.5 Å². The quantitative estimate of drug-likeness (QED) is 0.426. The van der Waals surface area contributed by atoms with Gasteiger partial charge < -0.3 is 16.0 Å². The molecule has 5 N–H and O–H groups in total. The summed E-state index contributed by atoms with van der Waals surface area (Å²) in [5.74, 6) is 0.772. The Labute approximate surface area is 159 Å². The number of anilines is 5. The number of aromatic nitrogens is 1. The van der Waals surface area contributed by atoms with Crippen LogP contribution in [-0.2, 0) is 0 Å². The largest absolute Gasteiger partial charge is 0.399 e. The lowest BCUT2D eigenvalue weighted by atomic mass is 10.2. The molecular weight excluding hydrogens is 342 g/mol. The van der Waals surface area contributed by atoms with Crippen LogP contribution in [0.2, 0.25) is 0 Å². The van der Waals surface area contributed by atoms with Crippen molar-refractivity contribution in [1.82, 2.24) is 4.98 Å². The van der Waals surface area contributed by atoms with Gasteiger partial charge in [-0.15, -0.1) is 0 Å². The van der Waals surface area contributed by atoms with Gasteiger partial charge in [0.05, 0.1) is 0 Å². The Hall–Kier alpha value is -2.70. The minimum atomic E-state index is 0.752. The van der Waals surface area contributed by atoms with Crippen LogP contribution in [-0.4, -0.2) is 12.0 Å². The van der Waals surface area contributed by atoms with Crippen LogP contribution in [0.3, 0.4) is 0 Å². The molecule has 3 aromatic rings. The number of rotatable bonds is 5. The molecule has 0 saturated heterocycles. The molecule has 0 unspecified atom stereocenters. The Balaban J connectivity index is 0.00000117. The standard InChI is InChI=1S/C18H19N5S.C2H6/c1-23(15-7-5-13(19)6-8-15)16-9-10-21-18(12-16)22-14-3-2-4-17(11-14)24-20;1-2/h2-12H,19-20H2,1H3,(H,21,22);1-2H3. The van der Waals surface area contributed by atoms with Gasteiger partial charge in [0, 0.05) is 47.0 Å². The summed E-state index contributed by atoms with van der Waals surface area (Å²) >= 11 is 1.22. The monoisotopic (exact) mass is 367 g/mol. The molecule has 6 heteroatoms. The lowest BCUT2D eigenvalue weighted by molar-refractivity contribution is 1.19. The maximum Gasteiger partial charge on any atom is 0.132 e. The highest BCUT2D eigenvalue weighted by atomic mass is 32.2. The van der Waals surface area contributed by atoms with Crippen molar-refractivity contribution in [2.24, 2.45) is 5.14 Å². The summed E-state index contributed by atoms with van der Waals surface area (Å²) in [6, 6.07) is 19.6. The van der Waals surface area contributed by atoms with E-state index in [4.69, 9.17) is 10.9 Å². The van der Waals surface area contributed by atoms with Gasteiger partial charge in [0.25, 0.3) is 0 Å². The van der Waals surface area contributed by atoms with Gasteiger partial charge in [0.1, 0.15) is 5.82 Å². The molecule has 26 heavy (non-hydrogen) atoms. The SMILES string of the molecule is CC.CN(c1ccc(N)cc1)c1ccnc(Nc2cccc(SN)c2)c1. The summed E-state index contributed by atoms with van der Waals surface area (Å²) in [4.78, 5) is 7.46. The second kappa shape index (κ2) is 9.70. The van der Waals surface area contributed by atoms with Crippen LogP contribution in [0.25, 0.3) is 0 Å². The van der Waals surface area contributed by atoms with Crippen LogP contribution in [0, 0.1) is 0 Å². The number of hydrogen-bond donors (Lipinski definition) is 3. The maximum absolute atomic E-state index is 5.75. The van der Waals surface area contributed by atoms with Crippen molar-refractivity contribution >= 4 is 40.5 Å². The number of nitrogens with two attached hydrogens (primary N) is 2. The van der Waals surface area contributed by atoms with Crippen LogP contribution >= 0.6 is 11.9 Å². The van der Waals surface area contributed by atoms with E-state index in [1.54, 1.807) is 6.20 Å². The molecule has 0 aliphatic heterocycles. The van der Waals surface area contributed by atoms with Crippen LogP contribution < -0.4 is 21.1 Å². The average Bonchev–Trinajstić information content (AvgIpc) is 2.70. The van der Waals surface area contributed by atoms with E-state index in [-0.39, 0.29) is 0 Å². The van der Waals surface area contributed by atoms with E-state index in [0.29, 0.717) is 0 Å². The first-order valence-corrected chi connectivity index (χ1v) is 9.33. The molecule has 5 nitrogen and oxygen atoms in total. The topological polar surface area (TPSA) is 80.2 Å². The highest BCUT2D eigenvalue weighted by Crippen LogP contribution is 2.27. The van der Waals surface area contributed by atoms with E-state index in [2.05, 4.69) is 15.2 Å². The predicted molar refractivity (Wildman–Crippen MR) is 114 cm³/mol. The number of hydrogen-bond acceptors (Lipinski definition) is 6. The summed E-state index contributed by atoms with van der Waals surface area (Å²) < 4.78 is 0. The fourth-order valence-corrected chi connectivity index (χ4v) is 2.69. The molecule has 0 spiro atoms. The van der Waals surface area contributed by atoms with Crippen LogP contribution in [0.1, 0.15) is 13.8 Å². The van der Waals surface area contributed by atoms with Crippen molar-refractivity contribution < 1.29 is 0 Å². The lowest BCUT2D eigenvalue weighted by Crippen LogP contribution is -2.10. The Morgan fingerprint density at radius 2 is 1.69 bits per heavy atom. The summed E-state index contributed by atoms with van der Waals surface area (Å²) in [6.45, 7) is 4.00. The van der Waals surface area contributed by atoms with Gasteiger partial charge in [-0.1, -0.05) is 19.9 Å². The summed E-state index contributed by atoms with van der Waals surface area (Å²) in [5.41, 5.74) is 9.54. The van der Waals surface area contributed by atoms with Crippen molar-refractivity contribution in [1.29, 1.82) is 0 Å². The van der Waals surface area contributed by atoms with E-state index >= 15 is 0 Å². The third-order valence-electron chi connectivity index (χ3n) is 3.65. The number of pyridine rings is 1. The summed E-state index contributed by atoms with van der Waals surface area (Å²) in [5, 5.41) is 8.92. The van der Waals surface area contributed by atoms with E-state index in [9.17, 15) is 0 Å². The van der Waals surface area contributed by atoms with Gasteiger partial charge in [-0.3, -0.25) is 5.14 Å². The third kappa shape index (κ3) is 5.15. The summed E-state index contributed by atoms with van der Waals surface area (Å²) in [7, 11) is 2.01. The normalized spacial score (nSPS) is 9.85. The molecule has 0 radical (unpaired) electrons. The molecule has 0 aliphatic carbocycles. The molecule has 3 rings (SSSR count). The first kappa shape index (κ1) is 19.6. The van der Waals surface area contributed by atoms with Crippen molar-refractivity contribution in [3.63, 3.8) is 0 Å². The fraction of sp³-hybridized carbons (Fsp3) is 0.150. The molecule has 1 aromatic heterocycles. The van der Waals surface area contributed by atoms with Gasteiger partial charge in [0.15, 0.2) is 0 Å². The van der Waals surface area contributed by atoms with E-state index in [1.807, 2.05) is 81.6 Å². The van der Waals surface area contributed by atoms with Gasteiger partial charge in [0.2, 0.25) is 0 Å². The molecular formula is C20H25N5S. The van der Waals surface area contributed by atoms with Crippen molar-refractivity contribution in [3.05, 3.63) is 66.9 Å². The maximum atomic E-state index is 5.75. The molecule has 0 bridgehead atoms. The zero-order valence-electron chi connectivity index (χ0n) is 15.3. The van der Waals surface area contributed by atoms with Crippen molar-refractivity contribution in [2.75, 3.05) is 23.0 Å². The zero-order chi connectivity index (χ0) is 18.9. The van der Waals surface area contributed by atoms with Gasteiger partial charge in [-0.05, 0) is 60.5 Å². The van der Waals surface area contributed by atoms with Crippen molar-refractivity contribution in [2.45, 2.75) is 18.7 Å². The Morgan fingerprint density at radius 3 is 2.38 bits per heavy atom. The van der Waals surface area contributed by atoms with Crippen LogP contribution in [0.5, 0.6) is 0 Å². The third-order valence-corrected chi connectivity index (χ3v) is 4.18. The molecule has 0 saturated carbocycles. The van der Waals surface area contributed by atoms with Gasteiger partial charge in [-0.2, -0.15) is 0 Å². The van der Waals surface area contributed by atoms with Crippen LogP contribution in [0.4, 0.5) is 28.6 Å². The second-order valence-corrected chi connectivity index (χ2v) is 6.03. The Kier molecular flexibility index (Phi) is 7.32. The van der Waals surface area contributed by atoms with Crippen LogP contribution in [0.15, 0.2) is 71.8 Å². The molecule has 2 aromatic carbocycles. The average molecular weight is 368 g/mol. The molecule has 0 amide bonds. The minimum Gasteiger partial charge on any atom is -0.399 e. The smallest absolute Gasteiger partial charge is 0.132 e. The Bertz CT molecular complexity index is 820. The first-order valence-electron chi connectivity index (χ1n) is 8.45. The molecule has 136 valence electrons. The van der Waals surface area contributed by atoms with E-state index < -0.39 is 0 Å². The van der Waals surface area contributed by atoms with Crippen molar-refractivity contribution in [3.8, 4) is 0 Å². The fourth-order valence-electron chi connectivity index (χ4n) is 2.34. The second-order valence-electron chi connectivity index (χ2n) is 5.32. The summed E-state index contributed by atoms with van der Waals surface area (Å²) in [6.07, 6.45) is 1.78. The minimum absolute atomic E-state index is 0.752. The van der Waals surface area contributed by atoms with Gasteiger partial charge in [-0.25, -0.2) is 4.98 Å². The first-order chi connectivity index (χ1) is 12.7. The van der Waals surface area contributed by atoms with E-state index in [1.165, 1.54) is 11.9 Å².